The third-order valence-electron chi connectivity index (χ3n) is 5.86. The summed E-state index contributed by atoms with van der Waals surface area (Å²) >= 11 is 0. The van der Waals surface area contributed by atoms with Crippen LogP contribution >= 0.6 is 0 Å². The molecule has 0 radical (unpaired) electrons. The van der Waals surface area contributed by atoms with E-state index in [0.29, 0.717) is 42.7 Å². The van der Waals surface area contributed by atoms with Gasteiger partial charge >= 0.3 is 6.36 Å². The zero-order chi connectivity index (χ0) is 24.7. The highest BCUT2D eigenvalue weighted by atomic mass is 19.4. The highest BCUT2D eigenvalue weighted by Gasteiger charge is 2.32. The maximum Gasteiger partial charge on any atom is 0.573 e. The number of hydrogen-bond donors (Lipinski definition) is 1. The quantitative estimate of drug-likeness (QED) is 0.404. The Morgan fingerprint density at radius 2 is 1.94 bits per heavy atom. The van der Waals surface area contributed by atoms with E-state index in [1.54, 1.807) is 21.8 Å². The number of piperidine rings is 1. The van der Waals surface area contributed by atoms with Crippen LogP contribution in [0.3, 0.4) is 0 Å². The number of rotatable bonds is 4. The summed E-state index contributed by atoms with van der Waals surface area (Å²) in [5.74, 6) is -2.72. The molecule has 3 heterocycles. The van der Waals surface area contributed by atoms with Gasteiger partial charge in [-0.25, -0.2) is 13.5 Å². The van der Waals surface area contributed by atoms with Crippen LogP contribution < -0.4 is 4.74 Å². The number of likely N-dealkylation sites (tertiary alicyclic amines) is 1. The molecule has 5 rings (SSSR count). The van der Waals surface area contributed by atoms with Crippen LogP contribution in [0.25, 0.3) is 22.2 Å². The molecule has 0 saturated carbocycles. The van der Waals surface area contributed by atoms with E-state index in [9.17, 15) is 26.7 Å². The molecular weight excluding hydrogens is 473 g/mol. The Bertz CT molecular complexity index is 1400. The van der Waals surface area contributed by atoms with Gasteiger partial charge in [-0.3, -0.25) is 4.79 Å². The summed E-state index contributed by atoms with van der Waals surface area (Å²) in [4.78, 5) is 17.6. The van der Waals surface area contributed by atoms with Crippen molar-refractivity contribution in [2.24, 2.45) is 0 Å². The molecule has 1 unspecified atom stereocenters. The van der Waals surface area contributed by atoms with Gasteiger partial charge in [0.2, 0.25) is 0 Å². The van der Waals surface area contributed by atoms with Gasteiger partial charge in [0.1, 0.15) is 17.1 Å². The van der Waals surface area contributed by atoms with Crippen LogP contribution in [0.2, 0.25) is 0 Å². The maximum absolute atomic E-state index is 13.6. The molecule has 1 saturated heterocycles. The molecule has 12 heteroatoms. The smallest absolute Gasteiger partial charge is 0.405 e. The van der Waals surface area contributed by atoms with Gasteiger partial charge in [0.15, 0.2) is 11.6 Å². The zero-order valence-corrected chi connectivity index (χ0v) is 18.0. The van der Waals surface area contributed by atoms with E-state index >= 15 is 0 Å². The van der Waals surface area contributed by atoms with Crippen LogP contribution in [0.1, 0.15) is 29.4 Å². The van der Waals surface area contributed by atoms with Crippen molar-refractivity contribution >= 4 is 16.8 Å². The molecule has 1 fully saturated rings. The van der Waals surface area contributed by atoms with Crippen molar-refractivity contribution in [3.63, 3.8) is 0 Å². The number of aromatic amines is 1. The van der Waals surface area contributed by atoms with E-state index in [-0.39, 0.29) is 23.0 Å². The summed E-state index contributed by atoms with van der Waals surface area (Å²) in [6.45, 7) is 0.752. The number of hydrogen-bond acceptors (Lipinski definition) is 4. The van der Waals surface area contributed by atoms with Gasteiger partial charge in [0, 0.05) is 29.6 Å². The molecular formula is C23H18F5N5O2. The maximum atomic E-state index is 13.6. The van der Waals surface area contributed by atoms with Crippen LogP contribution in [0.4, 0.5) is 22.0 Å². The van der Waals surface area contributed by atoms with E-state index in [1.807, 2.05) is 0 Å². The Kier molecular flexibility index (Phi) is 5.65. The third kappa shape index (κ3) is 4.68. The molecule has 4 aromatic rings. The lowest BCUT2D eigenvalue weighted by atomic mass is 10.1. The van der Waals surface area contributed by atoms with E-state index in [2.05, 4.69) is 20.0 Å². The first-order valence-corrected chi connectivity index (χ1v) is 10.7. The number of carbonyl (C=O) groups is 1. The number of nitrogens with one attached hydrogen (secondary N) is 1. The number of ether oxygens (including phenoxy) is 1. The summed E-state index contributed by atoms with van der Waals surface area (Å²) in [6.07, 6.45) is -1.87. The Morgan fingerprint density at radius 1 is 1.11 bits per heavy atom. The van der Waals surface area contributed by atoms with Crippen LogP contribution in [-0.4, -0.2) is 50.2 Å². The summed E-state index contributed by atoms with van der Waals surface area (Å²) < 4.78 is 70.6. The molecule has 1 aliphatic heterocycles. The standard InChI is InChI=1S/C23H18F5N5O2/c24-16-7-6-13(9-17(16)25)20-12-33(31-30-20)14-3-2-8-32(11-14)22(34)19-10-15-18(29-19)4-1-5-21(15)35-23(26,27)28/h1,4-7,9-10,12,14,29H,2-3,8,11H2. The first-order valence-electron chi connectivity index (χ1n) is 10.7. The second-order valence-corrected chi connectivity index (χ2v) is 8.21. The number of amides is 1. The van der Waals surface area contributed by atoms with Crippen molar-refractivity contribution in [1.82, 2.24) is 24.9 Å². The largest absolute Gasteiger partial charge is 0.573 e. The fraction of sp³-hybridized carbons (Fsp3) is 0.261. The first-order chi connectivity index (χ1) is 16.7. The predicted molar refractivity (Wildman–Crippen MR) is 115 cm³/mol. The monoisotopic (exact) mass is 491 g/mol. The van der Waals surface area contributed by atoms with Gasteiger partial charge < -0.3 is 14.6 Å². The molecule has 1 amide bonds. The summed E-state index contributed by atoms with van der Waals surface area (Å²) in [5.41, 5.74) is 1.21. The van der Waals surface area contributed by atoms with E-state index < -0.39 is 23.7 Å². The number of benzene rings is 2. The molecule has 35 heavy (non-hydrogen) atoms. The molecule has 182 valence electrons. The molecule has 1 N–H and O–H groups in total. The van der Waals surface area contributed by atoms with Gasteiger partial charge in [-0.05, 0) is 49.2 Å². The van der Waals surface area contributed by atoms with Gasteiger partial charge in [-0.15, -0.1) is 18.3 Å². The molecule has 0 spiro atoms. The lowest BCUT2D eigenvalue weighted by Gasteiger charge is -2.32. The van der Waals surface area contributed by atoms with Gasteiger partial charge in [0.05, 0.1) is 12.2 Å². The topological polar surface area (TPSA) is 76.0 Å². The van der Waals surface area contributed by atoms with Crippen molar-refractivity contribution in [3.8, 4) is 17.0 Å². The molecule has 2 aromatic heterocycles. The van der Waals surface area contributed by atoms with Crippen molar-refractivity contribution in [2.75, 3.05) is 13.1 Å². The molecule has 0 aliphatic carbocycles. The SMILES string of the molecule is O=C(c1cc2c(OC(F)(F)F)cccc2[nH]1)N1CCCC(n2cc(-c3ccc(F)c(F)c3)nn2)C1. The van der Waals surface area contributed by atoms with Gasteiger partial charge in [0.25, 0.3) is 5.91 Å². The number of nitrogens with zero attached hydrogens (tertiary/aromatic N) is 4. The van der Waals surface area contributed by atoms with E-state index in [0.717, 1.165) is 12.1 Å². The Morgan fingerprint density at radius 3 is 2.71 bits per heavy atom. The minimum atomic E-state index is -4.86. The molecule has 1 aliphatic rings. The van der Waals surface area contributed by atoms with Crippen LogP contribution in [-0.2, 0) is 0 Å². The zero-order valence-electron chi connectivity index (χ0n) is 18.0. The molecule has 1 atom stereocenters. The van der Waals surface area contributed by atoms with Gasteiger partial charge in [-0.2, -0.15) is 0 Å². The fourth-order valence-corrected chi connectivity index (χ4v) is 4.22. The minimum Gasteiger partial charge on any atom is -0.405 e. The Labute approximate surface area is 195 Å². The minimum absolute atomic E-state index is 0.139. The van der Waals surface area contributed by atoms with Crippen molar-refractivity contribution < 1.29 is 31.5 Å². The van der Waals surface area contributed by atoms with Crippen molar-refractivity contribution in [1.29, 1.82) is 0 Å². The van der Waals surface area contributed by atoms with Gasteiger partial charge in [-0.1, -0.05) is 11.3 Å². The Hall–Kier alpha value is -3.96. The normalized spacial score (nSPS) is 16.6. The Balaban J connectivity index is 1.34. The van der Waals surface area contributed by atoms with Crippen LogP contribution in [0.5, 0.6) is 5.75 Å². The molecule has 7 nitrogen and oxygen atoms in total. The second kappa shape index (κ2) is 8.67. The molecule has 2 aromatic carbocycles. The average molecular weight is 491 g/mol. The lowest BCUT2D eigenvalue weighted by Crippen LogP contribution is -2.41. The number of halogens is 5. The summed E-state index contributed by atoms with van der Waals surface area (Å²) in [5, 5.41) is 8.28. The third-order valence-corrected chi connectivity index (χ3v) is 5.86. The predicted octanol–water partition coefficient (Wildman–Crippen LogP) is 5.08. The number of H-pyrrole nitrogens is 1. The van der Waals surface area contributed by atoms with Crippen LogP contribution in [0, 0.1) is 11.6 Å². The lowest BCUT2D eigenvalue weighted by molar-refractivity contribution is -0.274. The van der Waals surface area contributed by atoms with Crippen LogP contribution in [0.15, 0.2) is 48.7 Å². The number of fused-ring (bicyclic) bond motifs is 1. The van der Waals surface area contributed by atoms with Crippen molar-refractivity contribution in [3.05, 3.63) is 66.0 Å². The summed E-state index contributed by atoms with van der Waals surface area (Å²) in [7, 11) is 0. The number of alkyl halides is 3. The fourth-order valence-electron chi connectivity index (χ4n) is 4.22. The first kappa shape index (κ1) is 22.8. The molecule has 0 bridgehead atoms. The highest BCUT2D eigenvalue weighted by Crippen LogP contribution is 2.32. The van der Waals surface area contributed by atoms with E-state index in [1.165, 1.54) is 24.3 Å². The van der Waals surface area contributed by atoms with E-state index in [4.69, 9.17) is 0 Å². The van der Waals surface area contributed by atoms with Crippen molar-refractivity contribution in [2.45, 2.75) is 25.2 Å². The second-order valence-electron chi connectivity index (χ2n) is 8.21. The summed E-state index contributed by atoms with van der Waals surface area (Å²) in [6, 6.07) is 8.72. The number of aromatic nitrogens is 4. The number of carbonyl (C=O) groups excluding carboxylic acids is 1. The highest BCUT2D eigenvalue weighted by molar-refractivity contribution is 5.99. The average Bonchev–Trinajstić information content (AvgIpc) is 3.48.